The third-order valence-corrected chi connectivity index (χ3v) is 2.56. The van der Waals surface area contributed by atoms with Crippen LogP contribution < -0.4 is 4.74 Å². The van der Waals surface area contributed by atoms with Gasteiger partial charge in [0.1, 0.15) is 18.0 Å². The molecule has 1 aromatic carbocycles. The second-order valence-corrected chi connectivity index (χ2v) is 3.93. The lowest BCUT2D eigenvalue weighted by atomic mass is 10.2. The van der Waals surface area contributed by atoms with E-state index in [2.05, 4.69) is 0 Å². The third-order valence-electron chi connectivity index (χ3n) is 2.56. The van der Waals surface area contributed by atoms with Gasteiger partial charge in [-0.2, -0.15) is 0 Å². The highest BCUT2D eigenvalue weighted by molar-refractivity contribution is 5.69. The van der Waals surface area contributed by atoms with Crippen LogP contribution in [0.5, 0.6) is 5.75 Å². The number of carbonyl (C=O) groups excluding carboxylic acids is 1. The number of esters is 1. The first kappa shape index (κ1) is 13.6. The summed E-state index contributed by atoms with van der Waals surface area (Å²) in [6.45, 7) is 5.69. The van der Waals surface area contributed by atoms with E-state index in [1.54, 1.807) is 6.92 Å². The Morgan fingerprint density at radius 3 is 2.41 bits per heavy atom. The highest BCUT2D eigenvalue weighted by Crippen LogP contribution is 2.15. The molecular weight excluding hydrogens is 216 g/mol. The van der Waals surface area contributed by atoms with Gasteiger partial charge in [0.15, 0.2) is 0 Å². The van der Waals surface area contributed by atoms with Gasteiger partial charge in [-0.25, -0.2) is 0 Å². The maximum absolute atomic E-state index is 11.3. The summed E-state index contributed by atoms with van der Waals surface area (Å²) in [5.41, 5.74) is 0. The fourth-order valence-corrected chi connectivity index (χ4v) is 1.55. The van der Waals surface area contributed by atoms with E-state index in [1.165, 1.54) is 0 Å². The Labute approximate surface area is 103 Å². The highest BCUT2D eigenvalue weighted by atomic mass is 16.6. The Morgan fingerprint density at radius 1 is 1.24 bits per heavy atom. The van der Waals surface area contributed by atoms with Crippen LogP contribution >= 0.6 is 0 Å². The molecule has 0 N–H and O–H groups in total. The van der Waals surface area contributed by atoms with Crippen molar-refractivity contribution >= 4 is 5.97 Å². The molecule has 17 heavy (non-hydrogen) atoms. The van der Waals surface area contributed by atoms with Gasteiger partial charge in [-0.1, -0.05) is 32.0 Å². The molecular formula is C14H20O3. The van der Waals surface area contributed by atoms with E-state index >= 15 is 0 Å². The van der Waals surface area contributed by atoms with Crippen molar-refractivity contribution in [3.63, 3.8) is 0 Å². The lowest BCUT2D eigenvalue weighted by molar-refractivity contribution is -0.153. The van der Waals surface area contributed by atoms with Gasteiger partial charge in [-0.3, -0.25) is 4.79 Å². The fourth-order valence-electron chi connectivity index (χ4n) is 1.55. The number of hydrogen-bond donors (Lipinski definition) is 0. The van der Waals surface area contributed by atoms with Gasteiger partial charge in [0.05, 0.1) is 0 Å². The minimum absolute atomic E-state index is 0.141. The van der Waals surface area contributed by atoms with Crippen molar-refractivity contribution in [2.45, 2.75) is 45.8 Å². The largest absolute Gasteiger partial charge is 0.487 e. The second kappa shape index (κ2) is 6.94. The molecule has 0 aliphatic carbocycles. The van der Waals surface area contributed by atoms with Crippen LogP contribution in [0.15, 0.2) is 30.3 Å². The van der Waals surface area contributed by atoms with Gasteiger partial charge < -0.3 is 9.47 Å². The van der Waals surface area contributed by atoms with Crippen molar-refractivity contribution in [1.29, 1.82) is 0 Å². The summed E-state index contributed by atoms with van der Waals surface area (Å²) >= 11 is 0. The molecule has 94 valence electrons. The lowest BCUT2D eigenvalue weighted by Crippen LogP contribution is -2.32. The first-order valence-electron chi connectivity index (χ1n) is 6.08. The summed E-state index contributed by atoms with van der Waals surface area (Å²) in [5.74, 6) is 0.617. The Kier molecular flexibility index (Phi) is 5.53. The average Bonchev–Trinajstić information content (AvgIpc) is 2.36. The van der Waals surface area contributed by atoms with Crippen LogP contribution in [-0.4, -0.2) is 18.2 Å². The maximum Gasteiger partial charge on any atom is 0.305 e. The van der Waals surface area contributed by atoms with E-state index in [0.717, 1.165) is 12.2 Å². The molecule has 3 nitrogen and oxygen atoms in total. The summed E-state index contributed by atoms with van der Waals surface area (Å²) in [5, 5.41) is 0. The SMILES string of the molecule is CCC(=O)OC(CC)C(C)Oc1ccccc1. The van der Waals surface area contributed by atoms with Gasteiger partial charge in [-0.05, 0) is 25.5 Å². The van der Waals surface area contributed by atoms with Crippen LogP contribution in [0.4, 0.5) is 0 Å². The molecule has 1 aromatic rings. The molecule has 0 saturated carbocycles. The summed E-state index contributed by atoms with van der Waals surface area (Å²) in [4.78, 5) is 11.3. The predicted molar refractivity (Wildman–Crippen MR) is 67.0 cm³/mol. The Hall–Kier alpha value is -1.51. The monoisotopic (exact) mass is 236 g/mol. The van der Waals surface area contributed by atoms with Crippen molar-refractivity contribution < 1.29 is 14.3 Å². The smallest absolute Gasteiger partial charge is 0.305 e. The Morgan fingerprint density at radius 2 is 1.88 bits per heavy atom. The first-order valence-corrected chi connectivity index (χ1v) is 6.08. The predicted octanol–water partition coefficient (Wildman–Crippen LogP) is 3.19. The molecule has 2 atom stereocenters. The molecule has 2 unspecified atom stereocenters. The quantitative estimate of drug-likeness (QED) is 0.712. The molecule has 0 radical (unpaired) electrons. The zero-order valence-electron chi connectivity index (χ0n) is 10.7. The van der Waals surface area contributed by atoms with E-state index < -0.39 is 0 Å². The van der Waals surface area contributed by atoms with Gasteiger partial charge in [-0.15, -0.1) is 0 Å². The lowest BCUT2D eigenvalue weighted by Gasteiger charge is -2.23. The van der Waals surface area contributed by atoms with E-state index in [4.69, 9.17) is 9.47 Å². The number of para-hydroxylation sites is 1. The van der Waals surface area contributed by atoms with Gasteiger partial charge in [0.25, 0.3) is 0 Å². The average molecular weight is 236 g/mol. The molecule has 0 saturated heterocycles. The second-order valence-electron chi connectivity index (χ2n) is 3.93. The minimum atomic E-state index is -0.192. The van der Waals surface area contributed by atoms with Crippen LogP contribution in [-0.2, 0) is 9.53 Å². The third kappa shape index (κ3) is 4.47. The number of ether oxygens (including phenoxy) is 2. The summed E-state index contributed by atoms with van der Waals surface area (Å²) in [6.07, 6.45) is 0.814. The van der Waals surface area contributed by atoms with Crippen molar-refractivity contribution in [2.75, 3.05) is 0 Å². The van der Waals surface area contributed by atoms with E-state index in [-0.39, 0.29) is 18.2 Å². The molecule has 0 heterocycles. The van der Waals surface area contributed by atoms with Crippen LogP contribution in [0.25, 0.3) is 0 Å². The summed E-state index contributed by atoms with van der Waals surface area (Å²) < 4.78 is 11.1. The molecule has 3 heteroatoms. The zero-order chi connectivity index (χ0) is 12.7. The van der Waals surface area contributed by atoms with Crippen LogP contribution in [0, 0.1) is 0 Å². The zero-order valence-corrected chi connectivity index (χ0v) is 10.7. The maximum atomic E-state index is 11.3. The molecule has 0 fully saturated rings. The van der Waals surface area contributed by atoms with Crippen LogP contribution in [0.1, 0.15) is 33.6 Å². The fraction of sp³-hybridized carbons (Fsp3) is 0.500. The topological polar surface area (TPSA) is 35.5 Å². The van der Waals surface area contributed by atoms with Gasteiger partial charge in [0, 0.05) is 6.42 Å². The molecule has 0 bridgehead atoms. The number of rotatable bonds is 6. The molecule has 1 rings (SSSR count). The van der Waals surface area contributed by atoms with Crippen molar-refractivity contribution in [3.8, 4) is 5.75 Å². The van der Waals surface area contributed by atoms with E-state index in [1.807, 2.05) is 44.2 Å². The van der Waals surface area contributed by atoms with Crippen LogP contribution in [0.2, 0.25) is 0 Å². The Balaban J connectivity index is 2.54. The van der Waals surface area contributed by atoms with Crippen LogP contribution in [0.3, 0.4) is 0 Å². The van der Waals surface area contributed by atoms with Crippen molar-refractivity contribution in [2.24, 2.45) is 0 Å². The number of benzene rings is 1. The highest BCUT2D eigenvalue weighted by Gasteiger charge is 2.20. The molecule has 0 aliphatic heterocycles. The molecule has 0 aliphatic rings. The standard InChI is InChI=1S/C14H20O3/c1-4-13(17-14(15)5-2)11(3)16-12-9-7-6-8-10-12/h6-11,13H,4-5H2,1-3H3. The van der Waals surface area contributed by atoms with E-state index in [0.29, 0.717) is 6.42 Å². The molecule has 0 amide bonds. The van der Waals surface area contributed by atoms with Crippen molar-refractivity contribution in [1.82, 2.24) is 0 Å². The van der Waals surface area contributed by atoms with Gasteiger partial charge in [0.2, 0.25) is 0 Å². The number of carbonyl (C=O) groups is 1. The summed E-state index contributed by atoms with van der Waals surface area (Å²) in [6, 6.07) is 9.56. The van der Waals surface area contributed by atoms with E-state index in [9.17, 15) is 4.79 Å². The normalized spacial score (nSPS) is 13.8. The Bertz CT molecular complexity index is 335. The summed E-state index contributed by atoms with van der Waals surface area (Å²) in [7, 11) is 0. The van der Waals surface area contributed by atoms with Gasteiger partial charge >= 0.3 is 5.97 Å². The molecule has 0 aromatic heterocycles. The van der Waals surface area contributed by atoms with Crippen molar-refractivity contribution in [3.05, 3.63) is 30.3 Å². The first-order chi connectivity index (χ1) is 8.17. The minimum Gasteiger partial charge on any atom is -0.487 e. The number of hydrogen-bond acceptors (Lipinski definition) is 3. The molecule has 0 spiro atoms.